The Kier molecular flexibility index (Phi) is 10.4. The van der Waals surface area contributed by atoms with Crippen LogP contribution in [0.15, 0.2) is 24.3 Å². The zero-order chi connectivity index (χ0) is 23.7. The summed E-state index contributed by atoms with van der Waals surface area (Å²) < 4.78 is 54.9. The minimum absolute atomic E-state index is 0.214. The fourth-order valence-electron chi connectivity index (χ4n) is 5.93. The Labute approximate surface area is 197 Å². The lowest BCUT2D eigenvalue weighted by Crippen LogP contribution is -2.33. The van der Waals surface area contributed by atoms with E-state index < -0.39 is 12.5 Å². The van der Waals surface area contributed by atoms with Gasteiger partial charge in [0.25, 0.3) is 0 Å². The van der Waals surface area contributed by atoms with Crippen LogP contribution < -0.4 is 4.74 Å². The second-order valence-electron chi connectivity index (χ2n) is 10.6. The van der Waals surface area contributed by atoms with Gasteiger partial charge in [-0.15, -0.1) is 0 Å². The van der Waals surface area contributed by atoms with Crippen molar-refractivity contribution in [2.24, 2.45) is 17.8 Å². The van der Waals surface area contributed by atoms with Gasteiger partial charge in [-0.2, -0.15) is 17.6 Å². The Morgan fingerprint density at radius 3 is 1.79 bits per heavy atom. The lowest BCUT2D eigenvalue weighted by atomic mass is 9.74. The third kappa shape index (κ3) is 8.47. The first kappa shape index (κ1) is 26.3. The number of rotatable bonds is 12. The molecule has 33 heavy (non-hydrogen) atoms. The fraction of sp³-hybridized carbons (Fsp3) is 0.786. The molecule has 0 N–H and O–H groups in total. The van der Waals surface area contributed by atoms with E-state index in [2.05, 4.69) is 11.7 Å². The lowest BCUT2D eigenvalue weighted by molar-refractivity contribution is -0.253. The molecule has 1 aromatic rings. The van der Waals surface area contributed by atoms with Gasteiger partial charge in [0, 0.05) is 0 Å². The summed E-state index contributed by atoms with van der Waals surface area (Å²) in [5.74, 6) is 2.92. The molecule has 2 saturated carbocycles. The Balaban J connectivity index is 1.32. The smallest absolute Gasteiger partial charge is 0.428 e. The molecule has 3 rings (SSSR count). The molecule has 5 heteroatoms. The summed E-state index contributed by atoms with van der Waals surface area (Å²) in [6, 6.07) is 6.28. The summed E-state index contributed by atoms with van der Waals surface area (Å²) in [5.41, 5.74) is 1.10. The lowest BCUT2D eigenvalue weighted by Gasteiger charge is -2.32. The number of halogens is 4. The average Bonchev–Trinajstić information content (AvgIpc) is 2.82. The van der Waals surface area contributed by atoms with Crippen molar-refractivity contribution >= 4 is 0 Å². The van der Waals surface area contributed by atoms with Crippen LogP contribution in [-0.4, -0.2) is 12.5 Å². The van der Waals surface area contributed by atoms with Gasteiger partial charge in [0.1, 0.15) is 5.75 Å². The van der Waals surface area contributed by atoms with Crippen molar-refractivity contribution in [2.45, 2.75) is 122 Å². The number of hydrogen-bond acceptors (Lipinski definition) is 1. The van der Waals surface area contributed by atoms with Crippen molar-refractivity contribution in [1.29, 1.82) is 0 Å². The SMILES string of the molecule is CCCCCC[C@H]1CC[C@H](CC[C@H]2CC[C@H](c3ccc(OC(F)(F)C(F)F)cc3)CC2)CC1. The van der Waals surface area contributed by atoms with E-state index in [0.717, 1.165) is 36.2 Å². The maximum atomic E-state index is 13.1. The van der Waals surface area contributed by atoms with Crippen LogP contribution in [0.1, 0.15) is 115 Å². The minimum Gasteiger partial charge on any atom is -0.428 e. The second kappa shape index (κ2) is 13.0. The predicted octanol–water partition coefficient (Wildman–Crippen LogP) is 9.75. The van der Waals surface area contributed by atoms with Crippen molar-refractivity contribution in [2.75, 3.05) is 0 Å². The van der Waals surface area contributed by atoms with Gasteiger partial charge in [-0.25, -0.2) is 0 Å². The van der Waals surface area contributed by atoms with Crippen LogP contribution in [-0.2, 0) is 0 Å². The predicted molar refractivity (Wildman–Crippen MR) is 126 cm³/mol. The molecule has 0 aromatic heterocycles. The van der Waals surface area contributed by atoms with Crippen LogP contribution in [0.25, 0.3) is 0 Å². The molecule has 1 aromatic carbocycles. The molecule has 188 valence electrons. The number of benzene rings is 1. The number of ether oxygens (including phenoxy) is 1. The van der Waals surface area contributed by atoms with Crippen molar-refractivity contribution in [3.8, 4) is 5.75 Å². The van der Waals surface area contributed by atoms with Crippen LogP contribution in [0, 0.1) is 17.8 Å². The molecular formula is C28H42F4O. The molecule has 0 radical (unpaired) electrons. The van der Waals surface area contributed by atoms with Crippen LogP contribution in [0.5, 0.6) is 5.75 Å². The van der Waals surface area contributed by atoms with Crippen LogP contribution in [0.3, 0.4) is 0 Å². The largest absolute Gasteiger partial charge is 0.461 e. The van der Waals surface area contributed by atoms with Crippen molar-refractivity contribution in [3.05, 3.63) is 29.8 Å². The van der Waals surface area contributed by atoms with E-state index in [1.54, 1.807) is 12.1 Å². The van der Waals surface area contributed by atoms with E-state index in [1.807, 2.05) is 0 Å². The molecule has 0 amide bonds. The number of unbranched alkanes of at least 4 members (excludes halogenated alkanes) is 3. The van der Waals surface area contributed by atoms with Crippen LogP contribution >= 0.6 is 0 Å². The van der Waals surface area contributed by atoms with Gasteiger partial charge in [0.15, 0.2) is 0 Å². The van der Waals surface area contributed by atoms with Gasteiger partial charge in [-0.1, -0.05) is 89.7 Å². The van der Waals surface area contributed by atoms with Gasteiger partial charge in [-0.3, -0.25) is 0 Å². The monoisotopic (exact) mass is 470 g/mol. The minimum atomic E-state index is -4.45. The van der Waals surface area contributed by atoms with E-state index in [1.165, 1.54) is 95.6 Å². The molecule has 0 atom stereocenters. The van der Waals surface area contributed by atoms with Gasteiger partial charge < -0.3 is 4.74 Å². The highest BCUT2D eigenvalue weighted by Gasteiger charge is 2.44. The van der Waals surface area contributed by atoms with Crippen molar-refractivity contribution < 1.29 is 22.3 Å². The zero-order valence-corrected chi connectivity index (χ0v) is 20.2. The van der Waals surface area contributed by atoms with E-state index >= 15 is 0 Å². The molecule has 1 nitrogen and oxygen atoms in total. The van der Waals surface area contributed by atoms with Crippen molar-refractivity contribution in [3.63, 3.8) is 0 Å². The number of alkyl halides is 4. The Morgan fingerprint density at radius 2 is 1.27 bits per heavy atom. The van der Waals surface area contributed by atoms with E-state index in [4.69, 9.17) is 0 Å². The third-order valence-electron chi connectivity index (χ3n) is 8.12. The van der Waals surface area contributed by atoms with Crippen LogP contribution in [0.2, 0.25) is 0 Å². The topological polar surface area (TPSA) is 9.23 Å². The highest BCUT2D eigenvalue weighted by molar-refractivity contribution is 5.30. The number of hydrogen-bond donors (Lipinski definition) is 0. The second-order valence-corrected chi connectivity index (χ2v) is 10.6. The van der Waals surface area contributed by atoms with Gasteiger partial charge in [-0.05, 0) is 67.1 Å². The summed E-state index contributed by atoms with van der Waals surface area (Å²) >= 11 is 0. The summed E-state index contributed by atoms with van der Waals surface area (Å²) in [5, 5.41) is 0. The third-order valence-corrected chi connectivity index (χ3v) is 8.12. The van der Waals surface area contributed by atoms with Gasteiger partial charge in [0.2, 0.25) is 0 Å². The summed E-state index contributed by atoms with van der Waals surface area (Å²) in [6.07, 6.45) is 11.8. The van der Waals surface area contributed by atoms with E-state index in [0.29, 0.717) is 5.92 Å². The summed E-state index contributed by atoms with van der Waals surface area (Å²) in [7, 11) is 0. The summed E-state index contributed by atoms with van der Waals surface area (Å²) in [4.78, 5) is 0. The Morgan fingerprint density at radius 1 is 0.758 bits per heavy atom. The highest BCUT2D eigenvalue weighted by Crippen LogP contribution is 2.41. The first-order valence-electron chi connectivity index (χ1n) is 13.3. The van der Waals surface area contributed by atoms with Crippen molar-refractivity contribution in [1.82, 2.24) is 0 Å². The Hall–Kier alpha value is -1.26. The molecule has 0 saturated heterocycles. The molecule has 2 fully saturated rings. The molecule has 0 heterocycles. The van der Waals surface area contributed by atoms with E-state index in [9.17, 15) is 17.6 Å². The summed E-state index contributed by atoms with van der Waals surface area (Å²) in [6.45, 7) is 2.28. The average molecular weight is 471 g/mol. The fourth-order valence-corrected chi connectivity index (χ4v) is 5.93. The quantitative estimate of drug-likeness (QED) is 0.218. The van der Waals surface area contributed by atoms with E-state index in [-0.39, 0.29) is 5.75 Å². The normalized spacial score (nSPS) is 26.5. The molecule has 0 spiro atoms. The van der Waals surface area contributed by atoms with Gasteiger partial charge >= 0.3 is 12.5 Å². The first-order chi connectivity index (χ1) is 15.9. The first-order valence-corrected chi connectivity index (χ1v) is 13.3. The molecule has 0 unspecified atom stereocenters. The Bertz CT molecular complexity index is 659. The molecule has 0 bridgehead atoms. The van der Waals surface area contributed by atoms with Crippen LogP contribution in [0.4, 0.5) is 17.6 Å². The molecule has 2 aliphatic rings. The maximum Gasteiger partial charge on any atom is 0.461 e. The highest BCUT2D eigenvalue weighted by atomic mass is 19.3. The molecule has 2 aliphatic carbocycles. The molecular weight excluding hydrogens is 428 g/mol. The standard InChI is InChI=1S/C28H42F4O/c1-2-3-4-5-6-21-7-9-22(10-8-21)11-12-23-13-15-24(16-14-23)25-17-19-26(20-18-25)33-28(31,32)27(29)30/h17-24,27H,2-16H2,1H3/t21-,22-,23-,24-. The molecule has 0 aliphatic heterocycles. The zero-order valence-electron chi connectivity index (χ0n) is 20.2. The maximum absolute atomic E-state index is 13.1. The van der Waals surface area contributed by atoms with Gasteiger partial charge in [0.05, 0.1) is 0 Å².